The van der Waals surface area contributed by atoms with E-state index >= 15 is 0 Å². The fourth-order valence-electron chi connectivity index (χ4n) is 2.99. The number of rotatable bonds is 4. The van der Waals surface area contributed by atoms with E-state index in [1.165, 1.54) is 0 Å². The van der Waals surface area contributed by atoms with Crippen LogP contribution < -0.4 is 0 Å². The zero-order chi connectivity index (χ0) is 13.9. The van der Waals surface area contributed by atoms with Gasteiger partial charge in [-0.15, -0.1) is 0 Å². The van der Waals surface area contributed by atoms with Gasteiger partial charge in [-0.25, -0.2) is 8.42 Å². The summed E-state index contributed by atoms with van der Waals surface area (Å²) in [6.45, 7) is 2.71. The summed E-state index contributed by atoms with van der Waals surface area (Å²) in [6.07, 6.45) is 8.34. The van der Waals surface area contributed by atoms with Gasteiger partial charge < -0.3 is 4.90 Å². The molecule has 1 heterocycles. The second-order valence-electron chi connectivity index (χ2n) is 5.57. The molecule has 4 nitrogen and oxygen atoms in total. The van der Waals surface area contributed by atoms with E-state index in [0.717, 1.165) is 25.7 Å². The Hall–Kier alpha value is -0.840. The Bertz CT molecular complexity index is 455. The quantitative estimate of drug-likeness (QED) is 0.740. The summed E-state index contributed by atoms with van der Waals surface area (Å²) >= 11 is 0. The van der Waals surface area contributed by atoms with Crippen LogP contribution in [-0.4, -0.2) is 43.3 Å². The van der Waals surface area contributed by atoms with Crippen LogP contribution in [0, 0.1) is 5.92 Å². The van der Waals surface area contributed by atoms with Crippen LogP contribution in [0.1, 0.15) is 39.0 Å². The van der Waals surface area contributed by atoms with E-state index in [4.69, 9.17) is 0 Å². The number of allylic oxidation sites excluding steroid dienone is 2. The number of hydrogen-bond donors (Lipinski definition) is 0. The summed E-state index contributed by atoms with van der Waals surface area (Å²) in [4.78, 5) is 14.4. The van der Waals surface area contributed by atoms with Crippen LogP contribution in [0.15, 0.2) is 12.2 Å². The van der Waals surface area contributed by atoms with E-state index in [1.54, 1.807) is 0 Å². The van der Waals surface area contributed by atoms with Crippen LogP contribution in [0.4, 0.5) is 0 Å². The zero-order valence-corrected chi connectivity index (χ0v) is 12.4. The van der Waals surface area contributed by atoms with E-state index in [2.05, 4.69) is 12.2 Å². The third-order valence-electron chi connectivity index (χ3n) is 4.02. The van der Waals surface area contributed by atoms with Gasteiger partial charge in [-0.3, -0.25) is 4.79 Å². The molecule has 0 radical (unpaired) electrons. The minimum absolute atomic E-state index is 0.0554. The van der Waals surface area contributed by atoms with E-state index in [0.29, 0.717) is 13.0 Å². The van der Waals surface area contributed by atoms with Crippen LogP contribution >= 0.6 is 0 Å². The predicted octanol–water partition coefficient (Wildman–Crippen LogP) is 1.77. The lowest BCUT2D eigenvalue weighted by Crippen LogP contribution is -2.44. The van der Waals surface area contributed by atoms with Crippen molar-refractivity contribution >= 4 is 15.7 Å². The maximum absolute atomic E-state index is 12.6. The summed E-state index contributed by atoms with van der Waals surface area (Å²) in [7, 11) is -2.93. The van der Waals surface area contributed by atoms with Crippen molar-refractivity contribution in [3.8, 4) is 0 Å². The second kappa shape index (κ2) is 6.07. The minimum Gasteiger partial charge on any atom is -0.338 e. The SMILES string of the molecule is CCCN(C(=O)C1CC=CCC1)C1CCS(=O)(=O)C1. The highest BCUT2D eigenvalue weighted by molar-refractivity contribution is 7.91. The van der Waals surface area contributed by atoms with Gasteiger partial charge in [-0.2, -0.15) is 0 Å². The van der Waals surface area contributed by atoms with Gasteiger partial charge in [0.05, 0.1) is 11.5 Å². The molecule has 0 saturated carbocycles. The van der Waals surface area contributed by atoms with Crippen LogP contribution in [0.5, 0.6) is 0 Å². The van der Waals surface area contributed by atoms with Gasteiger partial charge in [0, 0.05) is 18.5 Å². The van der Waals surface area contributed by atoms with E-state index in [1.807, 2.05) is 11.8 Å². The summed E-state index contributed by atoms with van der Waals surface area (Å²) in [5.74, 6) is 0.602. The van der Waals surface area contributed by atoms with Crippen molar-refractivity contribution in [3.63, 3.8) is 0 Å². The van der Waals surface area contributed by atoms with Crippen molar-refractivity contribution in [2.45, 2.75) is 45.1 Å². The normalized spacial score (nSPS) is 29.3. The fraction of sp³-hybridized carbons (Fsp3) is 0.786. The molecule has 1 aliphatic carbocycles. The van der Waals surface area contributed by atoms with Gasteiger partial charge >= 0.3 is 0 Å². The number of amides is 1. The van der Waals surface area contributed by atoms with E-state index < -0.39 is 9.84 Å². The van der Waals surface area contributed by atoms with Gasteiger partial charge in [0.15, 0.2) is 9.84 Å². The van der Waals surface area contributed by atoms with Crippen LogP contribution in [0.25, 0.3) is 0 Å². The van der Waals surface area contributed by atoms with E-state index in [-0.39, 0.29) is 29.4 Å². The molecule has 1 fully saturated rings. The average Bonchev–Trinajstić information content (AvgIpc) is 2.76. The minimum atomic E-state index is -2.93. The Morgan fingerprint density at radius 2 is 2.11 bits per heavy atom. The number of carbonyl (C=O) groups is 1. The number of sulfone groups is 1. The molecule has 108 valence electrons. The fourth-order valence-corrected chi connectivity index (χ4v) is 4.72. The third-order valence-corrected chi connectivity index (χ3v) is 5.77. The van der Waals surface area contributed by atoms with Crippen molar-refractivity contribution < 1.29 is 13.2 Å². The molecule has 19 heavy (non-hydrogen) atoms. The number of carbonyl (C=O) groups excluding carboxylic acids is 1. The van der Waals surface area contributed by atoms with Crippen LogP contribution in [0.2, 0.25) is 0 Å². The molecule has 2 unspecified atom stereocenters. The average molecular weight is 285 g/mol. The Labute approximate surface area is 115 Å². The molecule has 2 aliphatic rings. The Morgan fingerprint density at radius 3 is 2.63 bits per heavy atom. The lowest BCUT2D eigenvalue weighted by molar-refractivity contribution is -0.137. The first-order chi connectivity index (χ1) is 9.03. The van der Waals surface area contributed by atoms with Crippen molar-refractivity contribution in [1.29, 1.82) is 0 Å². The monoisotopic (exact) mass is 285 g/mol. The van der Waals surface area contributed by atoms with Gasteiger partial charge in [0.25, 0.3) is 0 Å². The molecule has 0 bridgehead atoms. The Morgan fingerprint density at radius 1 is 1.32 bits per heavy atom. The highest BCUT2D eigenvalue weighted by Gasteiger charge is 2.36. The predicted molar refractivity (Wildman–Crippen MR) is 75.5 cm³/mol. The molecule has 2 atom stereocenters. The number of hydrogen-bond acceptors (Lipinski definition) is 3. The molecule has 5 heteroatoms. The lowest BCUT2D eigenvalue weighted by Gasteiger charge is -2.32. The van der Waals surface area contributed by atoms with Crippen molar-refractivity contribution in [3.05, 3.63) is 12.2 Å². The Balaban J connectivity index is 2.07. The van der Waals surface area contributed by atoms with Gasteiger partial charge in [-0.1, -0.05) is 19.1 Å². The van der Waals surface area contributed by atoms with Gasteiger partial charge in [-0.05, 0) is 32.1 Å². The van der Waals surface area contributed by atoms with Crippen molar-refractivity contribution in [2.24, 2.45) is 5.92 Å². The smallest absolute Gasteiger partial charge is 0.226 e. The highest BCUT2D eigenvalue weighted by atomic mass is 32.2. The summed E-state index contributed by atoms with van der Waals surface area (Å²) in [6, 6.07) is -0.0941. The van der Waals surface area contributed by atoms with Gasteiger partial charge in [0.2, 0.25) is 5.91 Å². The van der Waals surface area contributed by atoms with E-state index in [9.17, 15) is 13.2 Å². The molecule has 0 N–H and O–H groups in total. The Kier molecular flexibility index (Phi) is 4.66. The first kappa shape index (κ1) is 14.6. The molecule has 0 aromatic carbocycles. The molecule has 1 aliphatic heterocycles. The molecular weight excluding hydrogens is 262 g/mol. The number of nitrogens with zero attached hydrogens (tertiary/aromatic N) is 1. The maximum atomic E-state index is 12.6. The standard InChI is InChI=1S/C14H23NO3S/c1-2-9-15(13-8-10-19(17,18)11-13)14(16)12-6-4-3-5-7-12/h3-4,12-13H,2,5-11H2,1H3. The van der Waals surface area contributed by atoms with Crippen LogP contribution in [0.3, 0.4) is 0 Å². The molecule has 0 aromatic rings. The summed E-state index contributed by atoms with van der Waals surface area (Å²) in [5.41, 5.74) is 0. The van der Waals surface area contributed by atoms with Gasteiger partial charge in [0.1, 0.15) is 0 Å². The molecule has 0 aromatic heterocycles. The maximum Gasteiger partial charge on any atom is 0.226 e. The van der Waals surface area contributed by atoms with Crippen LogP contribution in [-0.2, 0) is 14.6 Å². The molecule has 1 amide bonds. The summed E-state index contributed by atoms with van der Waals surface area (Å²) in [5, 5.41) is 0. The molecule has 0 spiro atoms. The topological polar surface area (TPSA) is 54.5 Å². The second-order valence-corrected chi connectivity index (χ2v) is 7.80. The highest BCUT2D eigenvalue weighted by Crippen LogP contribution is 2.25. The summed E-state index contributed by atoms with van der Waals surface area (Å²) < 4.78 is 23.2. The first-order valence-corrected chi connectivity index (χ1v) is 9.01. The zero-order valence-electron chi connectivity index (χ0n) is 11.5. The molecular formula is C14H23NO3S. The first-order valence-electron chi connectivity index (χ1n) is 7.19. The van der Waals surface area contributed by atoms with Crippen molar-refractivity contribution in [2.75, 3.05) is 18.1 Å². The van der Waals surface area contributed by atoms with Crippen molar-refractivity contribution in [1.82, 2.24) is 4.90 Å². The molecule has 1 saturated heterocycles. The largest absolute Gasteiger partial charge is 0.338 e. The third kappa shape index (κ3) is 3.59. The molecule has 2 rings (SSSR count). The lowest BCUT2D eigenvalue weighted by atomic mass is 9.92.